The van der Waals surface area contributed by atoms with Crippen LogP contribution in [0.4, 0.5) is 0 Å². The monoisotopic (exact) mass is 282 g/mol. The molecular formula is C14H12Cl2O2. The van der Waals surface area contributed by atoms with Crippen molar-refractivity contribution in [3.63, 3.8) is 0 Å². The lowest BCUT2D eigenvalue weighted by Gasteiger charge is -2.16. The van der Waals surface area contributed by atoms with Crippen molar-refractivity contribution in [3.05, 3.63) is 63.6 Å². The van der Waals surface area contributed by atoms with E-state index in [1.54, 1.807) is 37.4 Å². The van der Waals surface area contributed by atoms with Crippen molar-refractivity contribution in [1.82, 2.24) is 0 Å². The van der Waals surface area contributed by atoms with Crippen molar-refractivity contribution < 1.29 is 9.84 Å². The lowest BCUT2D eigenvalue weighted by molar-refractivity contribution is 0.215. The van der Waals surface area contributed by atoms with Crippen LogP contribution in [0.5, 0.6) is 5.75 Å². The minimum absolute atomic E-state index is 0.359. The number of benzene rings is 2. The van der Waals surface area contributed by atoms with Gasteiger partial charge in [-0.3, -0.25) is 0 Å². The fourth-order valence-corrected chi connectivity index (χ4v) is 2.20. The second kappa shape index (κ2) is 5.61. The highest BCUT2D eigenvalue weighted by molar-refractivity contribution is 6.42. The van der Waals surface area contributed by atoms with Gasteiger partial charge in [-0.2, -0.15) is 0 Å². The Bertz CT molecular complexity index is 555. The fourth-order valence-electron chi connectivity index (χ4n) is 1.79. The van der Waals surface area contributed by atoms with Crippen LogP contribution in [-0.4, -0.2) is 12.2 Å². The summed E-state index contributed by atoms with van der Waals surface area (Å²) in [7, 11) is 1.56. The number of para-hydroxylation sites is 1. The maximum Gasteiger partial charge on any atom is 0.125 e. The number of ether oxygens (including phenoxy) is 1. The maximum absolute atomic E-state index is 10.4. The maximum atomic E-state index is 10.4. The fraction of sp³-hybridized carbons (Fsp3) is 0.143. The summed E-state index contributed by atoms with van der Waals surface area (Å²) in [4.78, 5) is 0. The van der Waals surface area contributed by atoms with Crippen molar-refractivity contribution in [2.24, 2.45) is 0 Å². The molecule has 0 aromatic heterocycles. The van der Waals surface area contributed by atoms with Gasteiger partial charge in [-0.05, 0) is 12.1 Å². The summed E-state index contributed by atoms with van der Waals surface area (Å²) in [6.45, 7) is 0. The highest BCUT2D eigenvalue weighted by Gasteiger charge is 2.18. The van der Waals surface area contributed by atoms with E-state index in [0.29, 0.717) is 26.9 Å². The summed E-state index contributed by atoms with van der Waals surface area (Å²) in [5, 5.41) is 11.2. The predicted molar refractivity (Wildman–Crippen MR) is 73.5 cm³/mol. The van der Waals surface area contributed by atoms with Crippen LogP contribution >= 0.6 is 23.2 Å². The number of halogens is 2. The van der Waals surface area contributed by atoms with Gasteiger partial charge in [0.1, 0.15) is 11.9 Å². The molecule has 0 bridgehead atoms. The van der Waals surface area contributed by atoms with Crippen LogP contribution in [0.2, 0.25) is 10.0 Å². The normalized spacial score (nSPS) is 12.2. The van der Waals surface area contributed by atoms with Gasteiger partial charge in [0.15, 0.2) is 0 Å². The highest BCUT2D eigenvalue weighted by atomic mass is 35.5. The molecule has 4 heteroatoms. The van der Waals surface area contributed by atoms with E-state index in [-0.39, 0.29) is 0 Å². The zero-order valence-corrected chi connectivity index (χ0v) is 11.2. The molecule has 2 aromatic carbocycles. The summed E-state index contributed by atoms with van der Waals surface area (Å²) in [6, 6.07) is 12.4. The summed E-state index contributed by atoms with van der Waals surface area (Å²) in [5.41, 5.74) is 1.22. The van der Waals surface area contributed by atoms with E-state index in [9.17, 15) is 5.11 Å². The average molecular weight is 283 g/mol. The molecule has 0 fully saturated rings. The topological polar surface area (TPSA) is 29.5 Å². The zero-order valence-electron chi connectivity index (χ0n) is 9.73. The molecule has 94 valence electrons. The van der Waals surface area contributed by atoms with E-state index >= 15 is 0 Å². The van der Waals surface area contributed by atoms with Crippen molar-refractivity contribution in [2.75, 3.05) is 7.11 Å². The van der Waals surface area contributed by atoms with Gasteiger partial charge < -0.3 is 9.84 Å². The Morgan fingerprint density at radius 3 is 2.39 bits per heavy atom. The van der Waals surface area contributed by atoms with Gasteiger partial charge in [0.05, 0.1) is 17.2 Å². The second-order valence-corrected chi connectivity index (χ2v) is 4.57. The largest absolute Gasteiger partial charge is 0.496 e. The Morgan fingerprint density at radius 2 is 1.67 bits per heavy atom. The molecule has 0 saturated heterocycles. The average Bonchev–Trinajstić information content (AvgIpc) is 2.41. The molecule has 0 amide bonds. The molecule has 18 heavy (non-hydrogen) atoms. The third-order valence-corrected chi connectivity index (χ3v) is 3.54. The Kier molecular flexibility index (Phi) is 4.12. The van der Waals surface area contributed by atoms with Crippen LogP contribution in [0, 0.1) is 0 Å². The van der Waals surface area contributed by atoms with Crippen LogP contribution in [-0.2, 0) is 0 Å². The van der Waals surface area contributed by atoms with Crippen LogP contribution < -0.4 is 4.74 Å². The Balaban J connectivity index is 2.48. The number of aliphatic hydroxyl groups excluding tert-OH is 1. The predicted octanol–water partition coefficient (Wildman–Crippen LogP) is 4.08. The van der Waals surface area contributed by atoms with Gasteiger partial charge in [0.2, 0.25) is 0 Å². The molecule has 0 radical (unpaired) electrons. The van der Waals surface area contributed by atoms with Gasteiger partial charge >= 0.3 is 0 Å². The van der Waals surface area contributed by atoms with Gasteiger partial charge in [-0.15, -0.1) is 0 Å². The van der Waals surface area contributed by atoms with E-state index in [1.165, 1.54) is 0 Å². The standard InChI is InChI=1S/C14H12Cl2O2/c1-18-12-8-3-2-5-9(12)14(17)10-6-4-7-11(15)13(10)16/h2-8,14,17H,1H3. The molecule has 1 atom stereocenters. The molecule has 2 rings (SSSR count). The molecule has 0 heterocycles. The molecule has 0 saturated carbocycles. The summed E-state index contributed by atoms with van der Waals surface area (Å²) < 4.78 is 5.22. The smallest absolute Gasteiger partial charge is 0.125 e. The molecule has 0 spiro atoms. The van der Waals surface area contributed by atoms with E-state index in [1.807, 2.05) is 12.1 Å². The molecule has 2 aromatic rings. The van der Waals surface area contributed by atoms with Crippen molar-refractivity contribution >= 4 is 23.2 Å². The van der Waals surface area contributed by atoms with Crippen molar-refractivity contribution in [3.8, 4) is 5.75 Å². The van der Waals surface area contributed by atoms with Crippen molar-refractivity contribution in [2.45, 2.75) is 6.10 Å². The lowest BCUT2D eigenvalue weighted by Crippen LogP contribution is -2.03. The third kappa shape index (κ3) is 2.46. The number of methoxy groups -OCH3 is 1. The van der Waals surface area contributed by atoms with Gasteiger partial charge in [0, 0.05) is 11.1 Å². The molecule has 1 unspecified atom stereocenters. The highest BCUT2D eigenvalue weighted by Crippen LogP contribution is 2.36. The van der Waals surface area contributed by atoms with Gasteiger partial charge in [-0.1, -0.05) is 53.5 Å². The number of hydrogen-bond acceptors (Lipinski definition) is 2. The number of hydrogen-bond donors (Lipinski definition) is 1. The van der Waals surface area contributed by atoms with Gasteiger partial charge in [-0.25, -0.2) is 0 Å². The first-order valence-electron chi connectivity index (χ1n) is 5.40. The first kappa shape index (κ1) is 13.2. The van der Waals surface area contributed by atoms with E-state index < -0.39 is 6.10 Å². The van der Waals surface area contributed by atoms with E-state index in [0.717, 1.165) is 0 Å². The Labute approximate surface area is 116 Å². The second-order valence-electron chi connectivity index (χ2n) is 3.79. The minimum Gasteiger partial charge on any atom is -0.496 e. The number of rotatable bonds is 3. The van der Waals surface area contributed by atoms with E-state index in [2.05, 4.69) is 0 Å². The van der Waals surface area contributed by atoms with Crippen LogP contribution in [0.25, 0.3) is 0 Å². The van der Waals surface area contributed by atoms with Gasteiger partial charge in [0.25, 0.3) is 0 Å². The Morgan fingerprint density at radius 1 is 1.00 bits per heavy atom. The SMILES string of the molecule is COc1ccccc1C(O)c1cccc(Cl)c1Cl. The molecule has 0 aliphatic heterocycles. The first-order valence-corrected chi connectivity index (χ1v) is 6.15. The molecule has 0 aliphatic carbocycles. The molecule has 1 N–H and O–H groups in total. The first-order chi connectivity index (χ1) is 8.65. The molecule has 0 aliphatic rings. The van der Waals surface area contributed by atoms with Crippen LogP contribution in [0.3, 0.4) is 0 Å². The zero-order chi connectivity index (χ0) is 13.1. The van der Waals surface area contributed by atoms with Crippen LogP contribution in [0.15, 0.2) is 42.5 Å². The summed E-state index contributed by atoms with van der Waals surface area (Å²) >= 11 is 12.0. The number of aliphatic hydroxyl groups is 1. The summed E-state index contributed by atoms with van der Waals surface area (Å²) in [5.74, 6) is 0.612. The molecular weight excluding hydrogens is 271 g/mol. The van der Waals surface area contributed by atoms with E-state index in [4.69, 9.17) is 27.9 Å². The van der Waals surface area contributed by atoms with Crippen LogP contribution in [0.1, 0.15) is 17.2 Å². The quantitative estimate of drug-likeness (QED) is 0.919. The minimum atomic E-state index is -0.868. The van der Waals surface area contributed by atoms with Crippen molar-refractivity contribution in [1.29, 1.82) is 0 Å². The Hall–Kier alpha value is -1.22. The molecule has 2 nitrogen and oxygen atoms in total. The lowest BCUT2D eigenvalue weighted by atomic mass is 10.0. The third-order valence-electron chi connectivity index (χ3n) is 2.71. The summed E-state index contributed by atoms with van der Waals surface area (Å²) in [6.07, 6.45) is -0.868.